The van der Waals surface area contributed by atoms with Gasteiger partial charge in [-0.1, -0.05) is 6.92 Å². The summed E-state index contributed by atoms with van der Waals surface area (Å²) in [6, 6.07) is 5.33. The Morgan fingerprint density at radius 1 is 1.50 bits per heavy atom. The van der Waals surface area contributed by atoms with Crippen molar-refractivity contribution >= 4 is 39.0 Å². The number of hydrogen-bond acceptors (Lipinski definition) is 4. The van der Waals surface area contributed by atoms with Gasteiger partial charge in [-0.15, -0.1) is 11.3 Å². The number of nitrogens with zero attached hydrogens (tertiary/aromatic N) is 1. The Kier molecular flexibility index (Phi) is 7.24. The Hall–Kier alpha value is 0.450. The molecule has 0 aliphatic carbocycles. The van der Waals surface area contributed by atoms with Gasteiger partial charge in [0.2, 0.25) is 0 Å². The molecule has 3 atom stereocenters. The van der Waals surface area contributed by atoms with Crippen molar-refractivity contribution in [2.45, 2.75) is 38.4 Å². The molecule has 0 aromatic carbocycles. The van der Waals surface area contributed by atoms with Gasteiger partial charge >= 0.3 is 0 Å². The van der Waals surface area contributed by atoms with E-state index in [1.165, 1.54) is 8.66 Å². The van der Waals surface area contributed by atoms with Gasteiger partial charge in [-0.05, 0) is 54.7 Å². The van der Waals surface area contributed by atoms with Crippen molar-refractivity contribution in [3.05, 3.63) is 20.8 Å². The number of nitrogens with two attached hydrogens (primary N) is 1. The highest BCUT2D eigenvalue weighted by atomic mass is 79.9. The lowest BCUT2D eigenvalue weighted by molar-refractivity contribution is 0.174. The van der Waals surface area contributed by atoms with Gasteiger partial charge in [-0.25, -0.2) is 0 Å². The number of likely N-dealkylation sites (N-methyl/N-ethyl adjacent to an activating group) is 1. The van der Waals surface area contributed by atoms with E-state index in [4.69, 9.17) is 5.73 Å². The van der Waals surface area contributed by atoms with E-state index in [-0.39, 0.29) is 6.04 Å². The first kappa shape index (κ1) is 16.5. The molecular weight excluding hydrogens is 328 g/mol. The summed E-state index contributed by atoms with van der Waals surface area (Å²) in [4.78, 5) is 3.77. The fourth-order valence-electron chi connectivity index (χ4n) is 2.06. The van der Waals surface area contributed by atoms with E-state index in [2.05, 4.69) is 60.1 Å². The van der Waals surface area contributed by atoms with Crippen molar-refractivity contribution in [2.24, 2.45) is 5.73 Å². The van der Waals surface area contributed by atoms with Gasteiger partial charge in [0.05, 0.1) is 9.83 Å². The summed E-state index contributed by atoms with van der Waals surface area (Å²) in [7, 11) is 2.19. The minimum Gasteiger partial charge on any atom is -0.326 e. The summed E-state index contributed by atoms with van der Waals surface area (Å²) >= 11 is 7.22. The zero-order chi connectivity index (χ0) is 13.7. The SMILES string of the molecule is CCC(N)C(c1ccc(Br)s1)N(C)C(C)CSC. The third kappa shape index (κ3) is 4.23. The largest absolute Gasteiger partial charge is 0.326 e. The van der Waals surface area contributed by atoms with Crippen LogP contribution in [0.15, 0.2) is 15.9 Å². The highest BCUT2D eigenvalue weighted by Gasteiger charge is 2.27. The number of thiophene rings is 1. The molecule has 5 heteroatoms. The van der Waals surface area contributed by atoms with E-state index >= 15 is 0 Å². The fourth-order valence-corrected chi connectivity index (χ4v) is 4.43. The molecule has 0 aliphatic rings. The lowest BCUT2D eigenvalue weighted by Gasteiger charge is -2.35. The van der Waals surface area contributed by atoms with Gasteiger partial charge in [0, 0.05) is 22.7 Å². The van der Waals surface area contributed by atoms with Crippen LogP contribution in [0.25, 0.3) is 0 Å². The van der Waals surface area contributed by atoms with Crippen molar-refractivity contribution in [3.8, 4) is 0 Å². The molecule has 3 unspecified atom stereocenters. The molecule has 0 spiro atoms. The lowest BCUT2D eigenvalue weighted by Crippen LogP contribution is -2.43. The number of halogens is 1. The molecule has 0 aliphatic heterocycles. The van der Waals surface area contributed by atoms with Gasteiger partial charge in [-0.2, -0.15) is 11.8 Å². The van der Waals surface area contributed by atoms with Crippen LogP contribution in [0.1, 0.15) is 31.2 Å². The van der Waals surface area contributed by atoms with Crippen LogP contribution in [0.5, 0.6) is 0 Å². The first-order valence-electron chi connectivity index (χ1n) is 6.22. The molecule has 1 aromatic rings. The molecule has 0 bridgehead atoms. The Bertz CT molecular complexity index is 357. The molecule has 2 nitrogen and oxygen atoms in total. The summed E-state index contributed by atoms with van der Waals surface area (Å²) in [6.07, 6.45) is 3.15. The molecule has 0 fully saturated rings. The van der Waals surface area contributed by atoms with E-state index in [0.717, 1.165) is 12.2 Å². The predicted octanol–water partition coefficient (Wildman–Crippen LogP) is 3.97. The molecule has 2 N–H and O–H groups in total. The number of thioether (sulfide) groups is 1. The van der Waals surface area contributed by atoms with Crippen molar-refractivity contribution in [1.82, 2.24) is 4.90 Å². The Morgan fingerprint density at radius 3 is 2.61 bits per heavy atom. The molecule has 18 heavy (non-hydrogen) atoms. The van der Waals surface area contributed by atoms with E-state index in [1.807, 2.05) is 11.8 Å². The van der Waals surface area contributed by atoms with Gasteiger partial charge in [-0.3, -0.25) is 4.90 Å². The molecule has 1 heterocycles. The topological polar surface area (TPSA) is 29.3 Å². The van der Waals surface area contributed by atoms with Gasteiger partial charge in [0.1, 0.15) is 0 Å². The van der Waals surface area contributed by atoms with E-state index in [1.54, 1.807) is 11.3 Å². The Morgan fingerprint density at radius 2 is 2.17 bits per heavy atom. The third-order valence-electron chi connectivity index (χ3n) is 3.30. The normalized spacial score (nSPS) is 16.8. The van der Waals surface area contributed by atoms with Crippen LogP contribution in [0.4, 0.5) is 0 Å². The second-order valence-electron chi connectivity index (χ2n) is 4.63. The zero-order valence-corrected chi connectivity index (χ0v) is 14.7. The minimum absolute atomic E-state index is 0.185. The van der Waals surface area contributed by atoms with Crippen LogP contribution in [-0.4, -0.2) is 36.0 Å². The standard InChI is InChI=1S/C13H23BrN2S2/c1-5-10(15)13(11-6-7-12(14)18-11)16(3)9(2)8-17-4/h6-7,9-10,13H,5,8,15H2,1-4H3. The predicted molar refractivity (Wildman–Crippen MR) is 88.6 cm³/mol. The van der Waals surface area contributed by atoms with Crippen molar-refractivity contribution in [1.29, 1.82) is 0 Å². The average molecular weight is 351 g/mol. The average Bonchev–Trinajstić information content (AvgIpc) is 2.75. The maximum absolute atomic E-state index is 6.34. The fraction of sp³-hybridized carbons (Fsp3) is 0.692. The monoisotopic (exact) mass is 350 g/mol. The summed E-state index contributed by atoms with van der Waals surface area (Å²) < 4.78 is 1.18. The molecule has 0 radical (unpaired) electrons. The molecule has 0 saturated carbocycles. The van der Waals surface area contributed by atoms with E-state index in [0.29, 0.717) is 12.1 Å². The second kappa shape index (κ2) is 7.90. The number of hydrogen-bond donors (Lipinski definition) is 1. The Labute approximate surface area is 127 Å². The summed E-state index contributed by atoms with van der Waals surface area (Å²) in [6.45, 7) is 4.43. The minimum atomic E-state index is 0.185. The third-order valence-corrected chi connectivity index (χ3v) is 5.81. The van der Waals surface area contributed by atoms with Crippen LogP contribution in [0.2, 0.25) is 0 Å². The van der Waals surface area contributed by atoms with Crippen LogP contribution in [0, 0.1) is 0 Å². The van der Waals surface area contributed by atoms with Crippen LogP contribution < -0.4 is 5.73 Å². The summed E-state index contributed by atoms with van der Waals surface area (Å²) in [5.41, 5.74) is 6.34. The van der Waals surface area contributed by atoms with Crippen molar-refractivity contribution in [3.63, 3.8) is 0 Å². The molecule has 1 rings (SSSR count). The van der Waals surface area contributed by atoms with Crippen LogP contribution in [0.3, 0.4) is 0 Å². The quantitative estimate of drug-likeness (QED) is 0.806. The van der Waals surface area contributed by atoms with Crippen LogP contribution >= 0.6 is 39.0 Å². The second-order valence-corrected chi connectivity index (χ2v) is 8.03. The summed E-state index contributed by atoms with van der Waals surface area (Å²) in [5.74, 6) is 1.13. The molecule has 1 aromatic heterocycles. The maximum atomic E-state index is 6.34. The van der Waals surface area contributed by atoms with Gasteiger partial charge < -0.3 is 5.73 Å². The van der Waals surface area contributed by atoms with Crippen molar-refractivity contribution in [2.75, 3.05) is 19.1 Å². The highest BCUT2D eigenvalue weighted by molar-refractivity contribution is 9.11. The maximum Gasteiger partial charge on any atom is 0.0702 e. The smallest absolute Gasteiger partial charge is 0.0702 e. The molecule has 0 saturated heterocycles. The lowest BCUT2D eigenvalue weighted by atomic mass is 10.0. The van der Waals surface area contributed by atoms with E-state index in [9.17, 15) is 0 Å². The first-order valence-corrected chi connectivity index (χ1v) is 9.23. The van der Waals surface area contributed by atoms with Gasteiger partial charge in [0.25, 0.3) is 0 Å². The zero-order valence-electron chi connectivity index (χ0n) is 11.5. The molecular formula is C13H23BrN2S2. The van der Waals surface area contributed by atoms with Gasteiger partial charge in [0.15, 0.2) is 0 Å². The van der Waals surface area contributed by atoms with E-state index < -0.39 is 0 Å². The highest BCUT2D eigenvalue weighted by Crippen LogP contribution is 2.33. The summed E-state index contributed by atoms with van der Waals surface area (Å²) in [5, 5.41) is 0. The Balaban J connectivity index is 2.91. The first-order chi connectivity index (χ1) is 8.51. The van der Waals surface area contributed by atoms with Crippen molar-refractivity contribution < 1.29 is 0 Å². The molecule has 104 valence electrons. The van der Waals surface area contributed by atoms with Crippen LogP contribution in [-0.2, 0) is 0 Å². The molecule has 0 amide bonds. The number of rotatable bonds is 7.